The lowest BCUT2D eigenvalue weighted by Crippen LogP contribution is -2.05. The molecule has 0 fully saturated rings. The number of carbonyl (C=O) groups excluding carboxylic acids is 1. The Morgan fingerprint density at radius 3 is 2.32 bits per heavy atom. The number of nitro groups is 1. The van der Waals surface area contributed by atoms with Crippen LogP contribution >= 0.6 is 0 Å². The van der Waals surface area contributed by atoms with Gasteiger partial charge in [-0.15, -0.1) is 0 Å². The molecule has 0 aliphatic rings. The van der Waals surface area contributed by atoms with Gasteiger partial charge in [-0.1, -0.05) is 25.5 Å². The van der Waals surface area contributed by atoms with E-state index in [1.54, 1.807) is 42.5 Å². The van der Waals surface area contributed by atoms with E-state index in [0.29, 0.717) is 23.7 Å². The number of esters is 1. The molecule has 0 saturated heterocycles. The zero-order chi connectivity index (χ0) is 22.1. The van der Waals surface area contributed by atoms with Crippen LogP contribution < -0.4 is 9.47 Å². The SMILES string of the molecule is CCCCOc1ccc(C(=O)OCc2cccc(Oc3ccc([N+](=O)[O-])cc3)c2)cc1. The van der Waals surface area contributed by atoms with Gasteiger partial charge in [-0.25, -0.2) is 4.79 Å². The van der Waals surface area contributed by atoms with Gasteiger partial charge in [-0.3, -0.25) is 10.1 Å². The number of non-ortho nitro benzene ring substituents is 1. The van der Waals surface area contributed by atoms with Crippen molar-refractivity contribution in [3.05, 3.63) is 94.0 Å². The second-order valence-corrected chi connectivity index (χ2v) is 6.80. The Hall–Kier alpha value is -3.87. The molecule has 0 aliphatic heterocycles. The van der Waals surface area contributed by atoms with E-state index in [1.165, 1.54) is 24.3 Å². The van der Waals surface area contributed by atoms with Gasteiger partial charge < -0.3 is 14.2 Å². The summed E-state index contributed by atoms with van der Waals surface area (Å²) in [5, 5.41) is 10.7. The first kappa shape index (κ1) is 21.8. The average molecular weight is 421 g/mol. The summed E-state index contributed by atoms with van der Waals surface area (Å²) in [6.07, 6.45) is 2.04. The molecule has 0 saturated carbocycles. The molecule has 0 atom stereocenters. The highest BCUT2D eigenvalue weighted by molar-refractivity contribution is 5.89. The molecule has 0 amide bonds. The molecule has 3 aromatic carbocycles. The van der Waals surface area contributed by atoms with Crippen molar-refractivity contribution in [1.82, 2.24) is 0 Å². The number of hydrogen-bond acceptors (Lipinski definition) is 6. The number of carbonyl (C=O) groups is 1. The quantitative estimate of drug-likeness (QED) is 0.175. The normalized spacial score (nSPS) is 10.4. The van der Waals surface area contributed by atoms with Crippen molar-refractivity contribution in [1.29, 1.82) is 0 Å². The summed E-state index contributed by atoms with van der Waals surface area (Å²) in [6, 6.07) is 19.8. The lowest BCUT2D eigenvalue weighted by molar-refractivity contribution is -0.384. The molecule has 0 aliphatic carbocycles. The van der Waals surface area contributed by atoms with E-state index in [1.807, 2.05) is 6.07 Å². The van der Waals surface area contributed by atoms with Crippen LogP contribution in [0.3, 0.4) is 0 Å². The van der Waals surface area contributed by atoms with Crippen molar-refractivity contribution in [3.63, 3.8) is 0 Å². The number of unbranched alkanes of at least 4 members (excludes halogenated alkanes) is 1. The van der Waals surface area contributed by atoms with Crippen LogP contribution in [0.1, 0.15) is 35.7 Å². The van der Waals surface area contributed by atoms with E-state index in [-0.39, 0.29) is 12.3 Å². The third kappa shape index (κ3) is 6.57. The Balaban J connectivity index is 1.54. The number of nitrogens with zero attached hydrogens (tertiary/aromatic N) is 1. The Bertz CT molecular complexity index is 1010. The fourth-order valence-corrected chi connectivity index (χ4v) is 2.72. The summed E-state index contributed by atoms with van der Waals surface area (Å²) in [6.45, 7) is 2.84. The topological polar surface area (TPSA) is 87.9 Å². The number of benzene rings is 3. The fraction of sp³-hybridized carbons (Fsp3) is 0.208. The molecular weight excluding hydrogens is 398 g/mol. The number of hydrogen-bond donors (Lipinski definition) is 0. The van der Waals surface area contributed by atoms with E-state index >= 15 is 0 Å². The van der Waals surface area contributed by atoms with Crippen LogP contribution in [0.5, 0.6) is 17.2 Å². The first-order chi connectivity index (χ1) is 15.0. The molecule has 0 spiro atoms. The van der Waals surface area contributed by atoms with Crippen LogP contribution in [0.15, 0.2) is 72.8 Å². The summed E-state index contributed by atoms with van der Waals surface area (Å²) < 4.78 is 16.7. The minimum absolute atomic E-state index is 0.00596. The van der Waals surface area contributed by atoms with Crippen molar-refractivity contribution in [2.75, 3.05) is 6.61 Å². The average Bonchev–Trinajstić information content (AvgIpc) is 2.79. The van der Waals surface area contributed by atoms with E-state index in [4.69, 9.17) is 14.2 Å². The van der Waals surface area contributed by atoms with E-state index in [2.05, 4.69) is 6.92 Å². The number of nitro benzene ring substituents is 1. The smallest absolute Gasteiger partial charge is 0.338 e. The van der Waals surface area contributed by atoms with Gasteiger partial charge in [0.2, 0.25) is 0 Å². The fourth-order valence-electron chi connectivity index (χ4n) is 2.72. The highest BCUT2D eigenvalue weighted by Crippen LogP contribution is 2.25. The van der Waals surface area contributed by atoms with Crippen molar-refractivity contribution in [3.8, 4) is 17.2 Å². The minimum atomic E-state index is -0.466. The second kappa shape index (κ2) is 10.8. The largest absolute Gasteiger partial charge is 0.494 e. The van der Waals surface area contributed by atoms with E-state index in [0.717, 1.165) is 24.2 Å². The van der Waals surface area contributed by atoms with Crippen LogP contribution in [0.4, 0.5) is 5.69 Å². The summed E-state index contributed by atoms with van der Waals surface area (Å²) in [4.78, 5) is 22.6. The van der Waals surface area contributed by atoms with Crippen LogP contribution in [-0.2, 0) is 11.3 Å². The predicted molar refractivity (Wildman–Crippen MR) is 116 cm³/mol. The monoisotopic (exact) mass is 421 g/mol. The van der Waals surface area contributed by atoms with Gasteiger partial charge in [0.15, 0.2) is 0 Å². The molecule has 7 heteroatoms. The number of rotatable bonds is 10. The zero-order valence-corrected chi connectivity index (χ0v) is 17.2. The van der Waals surface area contributed by atoms with E-state index < -0.39 is 10.9 Å². The summed E-state index contributed by atoms with van der Waals surface area (Å²) in [5.41, 5.74) is 1.20. The molecule has 0 bridgehead atoms. The zero-order valence-electron chi connectivity index (χ0n) is 17.2. The van der Waals surface area contributed by atoms with Crippen LogP contribution in [0.2, 0.25) is 0 Å². The van der Waals surface area contributed by atoms with Gasteiger partial charge in [-0.2, -0.15) is 0 Å². The summed E-state index contributed by atoms with van der Waals surface area (Å²) in [5.74, 6) is 1.31. The van der Waals surface area contributed by atoms with Crippen LogP contribution in [-0.4, -0.2) is 17.5 Å². The number of ether oxygens (including phenoxy) is 3. The lowest BCUT2D eigenvalue weighted by Gasteiger charge is -2.09. The maximum absolute atomic E-state index is 12.3. The van der Waals surface area contributed by atoms with Crippen LogP contribution in [0, 0.1) is 10.1 Å². The summed E-state index contributed by atoms with van der Waals surface area (Å²) >= 11 is 0. The maximum atomic E-state index is 12.3. The molecule has 0 heterocycles. The Morgan fingerprint density at radius 1 is 0.935 bits per heavy atom. The first-order valence-corrected chi connectivity index (χ1v) is 9.96. The third-order valence-electron chi connectivity index (χ3n) is 4.41. The predicted octanol–water partition coefficient (Wildman–Crippen LogP) is 5.92. The standard InChI is InChI=1S/C24H23NO6/c1-2-3-15-29-21-11-7-19(8-12-21)24(26)30-17-18-5-4-6-23(16-18)31-22-13-9-20(10-14-22)25(27)28/h4-14,16H,2-3,15,17H2,1H3. The molecule has 3 rings (SSSR count). The van der Waals surface area contributed by atoms with Crippen molar-refractivity contribution in [2.24, 2.45) is 0 Å². The molecule has 160 valence electrons. The van der Waals surface area contributed by atoms with Gasteiger partial charge in [0.1, 0.15) is 23.9 Å². The van der Waals surface area contributed by atoms with Crippen molar-refractivity contribution < 1.29 is 23.9 Å². The lowest BCUT2D eigenvalue weighted by atomic mass is 10.2. The second-order valence-electron chi connectivity index (χ2n) is 6.80. The maximum Gasteiger partial charge on any atom is 0.338 e. The van der Waals surface area contributed by atoms with Crippen molar-refractivity contribution in [2.45, 2.75) is 26.4 Å². The minimum Gasteiger partial charge on any atom is -0.494 e. The Labute approximate surface area is 180 Å². The van der Waals surface area contributed by atoms with Gasteiger partial charge in [-0.05, 0) is 60.5 Å². The highest BCUT2D eigenvalue weighted by Gasteiger charge is 2.09. The Morgan fingerprint density at radius 2 is 1.65 bits per heavy atom. The van der Waals surface area contributed by atoms with Gasteiger partial charge >= 0.3 is 5.97 Å². The third-order valence-corrected chi connectivity index (χ3v) is 4.41. The molecule has 0 radical (unpaired) electrons. The first-order valence-electron chi connectivity index (χ1n) is 9.96. The van der Waals surface area contributed by atoms with Gasteiger partial charge in [0.25, 0.3) is 5.69 Å². The molecule has 0 aromatic heterocycles. The highest BCUT2D eigenvalue weighted by atomic mass is 16.6. The van der Waals surface area contributed by atoms with Crippen molar-refractivity contribution >= 4 is 11.7 Å². The van der Waals surface area contributed by atoms with Gasteiger partial charge in [0.05, 0.1) is 17.1 Å². The van der Waals surface area contributed by atoms with Gasteiger partial charge in [0, 0.05) is 12.1 Å². The molecule has 0 N–H and O–H groups in total. The molecule has 7 nitrogen and oxygen atoms in total. The Kier molecular flexibility index (Phi) is 7.59. The molecule has 3 aromatic rings. The molecule has 31 heavy (non-hydrogen) atoms. The van der Waals surface area contributed by atoms with E-state index in [9.17, 15) is 14.9 Å². The molecule has 0 unspecified atom stereocenters. The van der Waals surface area contributed by atoms with Crippen LogP contribution in [0.25, 0.3) is 0 Å². The summed E-state index contributed by atoms with van der Waals surface area (Å²) in [7, 11) is 0. The molecular formula is C24H23NO6.